The lowest BCUT2D eigenvalue weighted by Crippen LogP contribution is -2.36. The van der Waals surface area contributed by atoms with Crippen LogP contribution in [-0.2, 0) is 14.4 Å². The Morgan fingerprint density at radius 1 is 1.33 bits per heavy atom. The zero-order chi connectivity index (χ0) is 16.8. The fourth-order valence-corrected chi connectivity index (χ4v) is 2.34. The lowest BCUT2D eigenvalue weighted by molar-refractivity contribution is -0.123. The first-order chi connectivity index (χ1) is 11.0. The van der Waals surface area contributed by atoms with E-state index in [1.54, 1.807) is 23.1 Å². The third-order valence-corrected chi connectivity index (χ3v) is 3.46. The molecule has 0 atom stereocenters. The maximum Gasteiger partial charge on any atom is 0.243 e. The van der Waals surface area contributed by atoms with Gasteiger partial charge in [0.15, 0.2) is 0 Å². The minimum Gasteiger partial charge on any atom is -0.495 e. The van der Waals surface area contributed by atoms with Gasteiger partial charge in [-0.25, -0.2) is 0 Å². The van der Waals surface area contributed by atoms with Crippen LogP contribution in [0.1, 0.15) is 12.8 Å². The van der Waals surface area contributed by atoms with Crippen LogP contribution >= 0.6 is 12.4 Å². The second-order valence-electron chi connectivity index (χ2n) is 5.06. The number of carbonyl (C=O) groups is 3. The van der Waals surface area contributed by atoms with Gasteiger partial charge in [0.25, 0.3) is 0 Å². The van der Waals surface area contributed by atoms with E-state index < -0.39 is 5.91 Å². The number of nitrogens with two attached hydrogens (primary N) is 1. The highest BCUT2D eigenvalue weighted by Gasteiger charge is 2.24. The summed E-state index contributed by atoms with van der Waals surface area (Å²) in [7, 11) is 1.53. The Balaban J connectivity index is 0.00000288. The Morgan fingerprint density at radius 3 is 2.67 bits per heavy atom. The zero-order valence-electron chi connectivity index (χ0n) is 13.3. The van der Waals surface area contributed by atoms with E-state index in [1.807, 2.05) is 0 Å². The summed E-state index contributed by atoms with van der Waals surface area (Å²) in [5.74, 6) is -0.189. The molecular weight excluding hydrogens is 336 g/mol. The molecule has 9 heteroatoms. The summed E-state index contributed by atoms with van der Waals surface area (Å²) in [6, 6.07) is 5.05. The molecule has 2 rings (SSSR count). The smallest absolute Gasteiger partial charge is 0.243 e. The SMILES string of the molecule is COc1ccc(NC(=O)CNC(=O)CN)cc1N1CCCC1=O.Cl. The normalized spacial score (nSPS) is 13.2. The van der Waals surface area contributed by atoms with Gasteiger partial charge in [-0.2, -0.15) is 0 Å². The van der Waals surface area contributed by atoms with Gasteiger partial charge in [0.05, 0.1) is 25.9 Å². The summed E-state index contributed by atoms with van der Waals surface area (Å²) < 4.78 is 5.28. The Morgan fingerprint density at radius 2 is 2.08 bits per heavy atom. The fourth-order valence-electron chi connectivity index (χ4n) is 2.34. The van der Waals surface area contributed by atoms with E-state index in [0.717, 1.165) is 6.42 Å². The molecule has 0 unspecified atom stereocenters. The maximum absolute atomic E-state index is 11.9. The van der Waals surface area contributed by atoms with E-state index in [1.165, 1.54) is 7.11 Å². The van der Waals surface area contributed by atoms with Crippen molar-refractivity contribution >= 4 is 41.5 Å². The molecule has 4 N–H and O–H groups in total. The number of methoxy groups -OCH3 is 1. The molecule has 0 aromatic heterocycles. The Hall–Kier alpha value is -2.32. The number of ether oxygens (including phenoxy) is 1. The van der Waals surface area contributed by atoms with Gasteiger partial charge in [-0.1, -0.05) is 0 Å². The van der Waals surface area contributed by atoms with Crippen molar-refractivity contribution in [2.45, 2.75) is 12.8 Å². The third-order valence-electron chi connectivity index (χ3n) is 3.46. The highest BCUT2D eigenvalue weighted by Crippen LogP contribution is 2.33. The topological polar surface area (TPSA) is 114 Å². The molecule has 1 aromatic rings. The lowest BCUT2D eigenvalue weighted by atomic mass is 10.2. The number of carbonyl (C=O) groups excluding carboxylic acids is 3. The first kappa shape index (κ1) is 19.7. The van der Waals surface area contributed by atoms with E-state index in [-0.39, 0.29) is 37.3 Å². The molecule has 132 valence electrons. The highest BCUT2D eigenvalue weighted by atomic mass is 35.5. The predicted octanol–water partition coefficient (Wildman–Crippen LogP) is 0.257. The standard InChI is InChI=1S/C15H20N4O4.ClH/c1-23-12-5-4-10(18-14(21)9-17-13(20)8-16)7-11(12)19-6-2-3-15(19)22;/h4-5,7H,2-3,6,8-9,16H2,1H3,(H,17,20)(H,18,21);1H. The molecule has 8 nitrogen and oxygen atoms in total. The summed E-state index contributed by atoms with van der Waals surface area (Å²) in [4.78, 5) is 36.4. The van der Waals surface area contributed by atoms with Crippen molar-refractivity contribution in [1.82, 2.24) is 5.32 Å². The van der Waals surface area contributed by atoms with Gasteiger partial charge < -0.3 is 26.0 Å². The monoisotopic (exact) mass is 356 g/mol. The van der Waals surface area contributed by atoms with Gasteiger partial charge in [0, 0.05) is 18.7 Å². The molecule has 1 aliphatic heterocycles. The average molecular weight is 357 g/mol. The van der Waals surface area contributed by atoms with Gasteiger partial charge in [-0.15, -0.1) is 12.4 Å². The molecule has 1 heterocycles. The van der Waals surface area contributed by atoms with E-state index >= 15 is 0 Å². The van der Waals surface area contributed by atoms with Gasteiger partial charge >= 0.3 is 0 Å². The van der Waals surface area contributed by atoms with Crippen molar-refractivity contribution in [3.63, 3.8) is 0 Å². The van der Waals surface area contributed by atoms with Gasteiger partial charge in [-0.3, -0.25) is 14.4 Å². The molecular formula is C15H21ClN4O4. The first-order valence-corrected chi connectivity index (χ1v) is 7.30. The van der Waals surface area contributed by atoms with E-state index in [2.05, 4.69) is 10.6 Å². The van der Waals surface area contributed by atoms with Crippen molar-refractivity contribution < 1.29 is 19.1 Å². The minimum atomic E-state index is -0.404. The number of benzene rings is 1. The quantitative estimate of drug-likeness (QED) is 0.676. The molecule has 1 aliphatic rings. The van der Waals surface area contributed by atoms with E-state index in [0.29, 0.717) is 30.1 Å². The van der Waals surface area contributed by atoms with Gasteiger partial charge in [0.2, 0.25) is 17.7 Å². The van der Waals surface area contributed by atoms with Gasteiger partial charge in [-0.05, 0) is 24.6 Å². The fraction of sp³-hybridized carbons (Fsp3) is 0.400. The number of amides is 3. The first-order valence-electron chi connectivity index (χ1n) is 7.30. The van der Waals surface area contributed by atoms with Crippen molar-refractivity contribution in [1.29, 1.82) is 0 Å². The molecule has 0 aliphatic carbocycles. The molecule has 1 aromatic carbocycles. The Labute approximate surface area is 146 Å². The van der Waals surface area contributed by atoms with Crippen LogP contribution < -0.4 is 26.0 Å². The Kier molecular flexibility index (Phi) is 7.47. The van der Waals surface area contributed by atoms with Crippen molar-refractivity contribution in [2.75, 3.05) is 37.0 Å². The molecule has 1 fully saturated rings. The average Bonchev–Trinajstić information content (AvgIpc) is 2.98. The van der Waals surface area contributed by atoms with E-state index in [9.17, 15) is 14.4 Å². The highest BCUT2D eigenvalue weighted by molar-refractivity contribution is 5.99. The summed E-state index contributed by atoms with van der Waals surface area (Å²) in [6.07, 6.45) is 1.30. The van der Waals surface area contributed by atoms with Crippen LogP contribution in [0.3, 0.4) is 0 Å². The number of hydrogen-bond acceptors (Lipinski definition) is 5. The van der Waals surface area contributed by atoms with Crippen molar-refractivity contribution in [2.24, 2.45) is 5.73 Å². The van der Waals surface area contributed by atoms with Crippen LogP contribution in [0, 0.1) is 0 Å². The summed E-state index contributed by atoms with van der Waals surface area (Å²) in [5.41, 5.74) is 6.30. The van der Waals surface area contributed by atoms with Crippen LogP contribution in [0.4, 0.5) is 11.4 Å². The third kappa shape index (κ3) is 4.84. The van der Waals surface area contributed by atoms with Gasteiger partial charge in [0.1, 0.15) is 5.75 Å². The summed E-state index contributed by atoms with van der Waals surface area (Å²) in [6.45, 7) is 0.288. The number of hydrogen-bond donors (Lipinski definition) is 3. The zero-order valence-corrected chi connectivity index (χ0v) is 14.1. The van der Waals surface area contributed by atoms with Crippen molar-refractivity contribution in [3.05, 3.63) is 18.2 Å². The molecule has 0 radical (unpaired) electrons. The lowest BCUT2D eigenvalue weighted by Gasteiger charge is -2.20. The summed E-state index contributed by atoms with van der Waals surface area (Å²) in [5, 5.41) is 5.05. The largest absolute Gasteiger partial charge is 0.495 e. The maximum atomic E-state index is 11.9. The van der Waals surface area contributed by atoms with Crippen LogP contribution in [0.2, 0.25) is 0 Å². The number of halogens is 1. The molecule has 3 amide bonds. The predicted molar refractivity (Wildman–Crippen MR) is 92.5 cm³/mol. The second-order valence-corrected chi connectivity index (χ2v) is 5.06. The number of nitrogens with zero attached hydrogens (tertiary/aromatic N) is 1. The molecule has 24 heavy (non-hydrogen) atoms. The van der Waals surface area contributed by atoms with Crippen LogP contribution in [0.15, 0.2) is 18.2 Å². The van der Waals surface area contributed by atoms with E-state index in [4.69, 9.17) is 10.5 Å². The molecule has 0 saturated carbocycles. The molecule has 1 saturated heterocycles. The second kappa shape index (κ2) is 9.09. The molecule has 0 bridgehead atoms. The Bertz CT molecular complexity index is 623. The van der Waals surface area contributed by atoms with Crippen LogP contribution in [-0.4, -0.2) is 44.5 Å². The van der Waals surface area contributed by atoms with Crippen molar-refractivity contribution in [3.8, 4) is 5.75 Å². The van der Waals surface area contributed by atoms with Crippen LogP contribution in [0.5, 0.6) is 5.75 Å². The number of nitrogens with one attached hydrogen (secondary N) is 2. The molecule has 0 spiro atoms. The minimum absolute atomic E-state index is 0. The summed E-state index contributed by atoms with van der Waals surface area (Å²) >= 11 is 0. The number of anilines is 2. The van der Waals surface area contributed by atoms with Crippen LogP contribution in [0.25, 0.3) is 0 Å². The number of rotatable bonds is 6.